The summed E-state index contributed by atoms with van der Waals surface area (Å²) in [4.78, 5) is 19.3. The zero-order chi connectivity index (χ0) is 22.4. The van der Waals surface area contributed by atoms with Gasteiger partial charge >= 0.3 is 6.61 Å². The van der Waals surface area contributed by atoms with Crippen LogP contribution in [-0.2, 0) is 11.3 Å². The number of nitrogens with zero attached hydrogens (tertiary/aromatic N) is 5. The van der Waals surface area contributed by atoms with Crippen molar-refractivity contribution < 1.29 is 23.0 Å². The van der Waals surface area contributed by atoms with Crippen molar-refractivity contribution in [3.05, 3.63) is 58.0 Å². The van der Waals surface area contributed by atoms with Crippen LogP contribution in [0.25, 0.3) is 11.5 Å². The van der Waals surface area contributed by atoms with E-state index < -0.39 is 12.7 Å². The van der Waals surface area contributed by atoms with E-state index in [2.05, 4.69) is 19.9 Å². The molecule has 0 radical (unpaired) electrons. The molecule has 2 atom stereocenters. The first-order valence-electron chi connectivity index (χ1n) is 9.62. The van der Waals surface area contributed by atoms with Gasteiger partial charge in [0, 0.05) is 18.8 Å². The second-order valence-electron chi connectivity index (χ2n) is 7.27. The Hall–Kier alpha value is -2.82. The molecule has 2 aliphatic heterocycles. The number of carbonyl (C=O) groups excluding carboxylic acids is 1. The summed E-state index contributed by atoms with van der Waals surface area (Å²) in [6, 6.07) is 6.78. The number of benzene rings is 1. The highest BCUT2D eigenvalue weighted by atomic mass is 35.5. The number of halogens is 4. The first-order chi connectivity index (χ1) is 15.4. The Bertz CT molecular complexity index is 1190. The van der Waals surface area contributed by atoms with Gasteiger partial charge in [-0.25, -0.2) is 0 Å². The van der Waals surface area contributed by atoms with Crippen molar-refractivity contribution in [2.45, 2.75) is 25.2 Å². The molecule has 0 spiro atoms. The lowest BCUT2D eigenvalue weighted by Gasteiger charge is -2.45. The first kappa shape index (κ1) is 21.0. The minimum Gasteiger partial charge on any atom is -0.435 e. The zero-order valence-electron chi connectivity index (χ0n) is 16.3. The Morgan fingerprint density at radius 2 is 2.06 bits per heavy atom. The zero-order valence-corrected chi connectivity index (χ0v) is 17.8. The molecule has 166 valence electrons. The summed E-state index contributed by atoms with van der Waals surface area (Å²) >= 11 is 12.4. The topological polar surface area (TPSA) is 82.4 Å². The molecule has 2 bridgehead atoms. The number of morpholine rings is 1. The molecule has 12 heteroatoms. The molecule has 1 aromatic carbocycles. The highest BCUT2D eigenvalue weighted by Crippen LogP contribution is 2.37. The Labute approximate surface area is 190 Å². The van der Waals surface area contributed by atoms with Crippen molar-refractivity contribution in [3.63, 3.8) is 0 Å². The maximum atomic E-state index is 13.4. The molecular weight excluding hydrogens is 467 g/mol. The highest BCUT2D eigenvalue weighted by Gasteiger charge is 2.44. The molecule has 3 aromatic rings. The van der Waals surface area contributed by atoms with E-state index in [0.29, 0.717) is 41.1 Å². The van der Waals surface area contributed by atoms with Crippen LogP contribution in [0.2, 0.25) is 10.0 Å². The normalized spacial score (nSPS) is 19.7. The minimum atomic E-state index is -2.95. The molecule has 1 unspecified atom stereocenters. The van der Waals surface area contributed by atoms with E-state index in [4.69, 9.17) is 27.9 Å². The van der Waals surface area contributed by atoms with Crippen molar-refractivity contribution in [1.82, 2.24) is 24.6 Å². The number of hydrogen-bond acceptors (Lipinski definition) is 6. The van der Waals surface area contributed by atoms with Gasteiger partial charge in [-0.05, 0) is 18.2 Å². The number of alkyl halides is 2. The Morgan fingerprint density at radius 3 is 2.88 bits per heavy atom. The molecule has 4 heterocycles. The summed E-state index contributed by atoms with van der Waals surface area (Å²) < 4.78 is 37.2. The third-order valence-corrected chi connectivity index (χ3v) is 6.21. The van der Waals surface area contributed by atoms with Gasteiger partial charge in [-0.15, -0.1) is 10.2 Å². The van der Waals surface area contributed by atoms with Crippen LogP contribution < -0.4 is 4.74 Å². The monoisotopic (exact) mass is 481 g/mol. The van der Waals surface area contributed by atoms with Gasteiger partial charge in [0.2, 0.25) is 0 Å². The van der Waals surface area contributed by atoms with Crippen molar-refractivity contribution in [2.24, 2.45) is 0 Å². The average Bonchev–Trinajstić information content (AvgIpc) is 3.18. The lowest BCUT2D eigenvalue weighted by atomic mass is 10.0. The number of hydrogen-bond donors (Lipinski definition) is 0. The molecule has 8 nitrogen and oxygen atoms in total. The standard InChI is InChI=1S/C20H15Cl2F2N5O3/c21-13-3-1-2-12(16(13)22)19(30)29-10-7-28-17(26-27-18(28)15(29)9-31-8-10)14-6-11(4-5-25-14)32-20(23)24/h1-6,10,15,20H,7-9H2/t10?,15-/m1/s1. The van der Waals surface area contributed by atoms with Crippen LogP contribution >= 0.6 is 23.2 Å². The molecule has 0 saturated carbocycles. The van der Waals surface area contributed by atoms with Crippen LogP contribution in [0.15, 0.2) is 36.5 Å². The third kappa shape index (κ3) is 3.58. The summed E-state index contributed by atoms with van der Waals surface area (Å²) in [5, 5.41) is 8.95. The first-order valence-corrected chi connectivity index (χ1v) is 10.4. The minimum absolute atomic E-state index is 0.0333. The van der Waals surface area contributed by atoms with E-state index >= 15 is 0 Å². The summed E-state index contributed by atoms with van der Waals surface area (Å²) in [5.74, 6) is 0.583. The SMILES string of the molecule is O=C(c1cccc(Cl)c1Cl)N1C2COC[C@@H]1c1nnc(-c3cc(OC(F)F)ccn3)n1C2. The van der Waals surface area contributed by atoms with Gasteiger partial charge in [0.25, 0.3) is 5.91 Å². The fourth-order valence-corrected chi connectivity index (χ4v) is 4.42. The lowest BCUT2D eigenvalue weighted by Crippen LogP contribution is -2.56. The van der Waals surface area contributed by atoms with Crippen molar-refractivity contribution in [1.29, 1.82) is 0 Å². The second-order valence-corrected chi connectivity index (χ2v) is 8.05. The molecule has 1 saturated heterocycles. The third-order valence-electron chi connectivity index (χ3n) is 5.39. The average molecular weight is 482 g/mol. The van der Waals surface area contributed by atoms with Crippen LogP contribution in [0.3, 0.4) is 0 Å². The molecule has 1 amide bonds. The fraction of sp³-hybridized carbons (Fsp3) is 0.300. The van der Waals surface area contributed by atoms with E-state index in [1.807, 2.05) is 4.57 Å². The van der Waals surface area contributed by atoms with E-state index in [1.54, 1.807) is 23.1 Å². The smallest absolute Gasteiger partial charge is 0.387 e. The Balaban J connectivity index is 1.51. The lowest BCUT2D eigenvalue weighted by molar-refractivity contribution is -0.0569. The summed E-state index contributed by atoms with van der Waals surface area (Å²) in [7, 11) is 0. The van der Waals surface area contributed by atoms with Gasteiger partial charge in [0.05, 0.1) is 34.9 Å². The van der Waals surface area contributed by atoms with E-state index in [1.165, 1.54) is 18.3 Å². The van der Waals surface area contributed by atoms with Crippen molar-refractivity contribution in [3.8, 4) is 17.3 Å². The second kappa shape index (κ2) is 8.27. The Kier molecular flexibility index (Phi) is 5.44. The predicted octanol–water partition coefficient (Wildman–Crippen LogP) is 3.84. The molecule has 1 fully saturated rings. The molecular formula is C20H15Cl2F2N5O3. The van der Waals surface area contributed by atoms with Crippen LogP contribution in [0.1, 0.15) is 22.2 Å². The number of carbonyl (C=O) groups is 1. The Morgan fingerprint density at radius 1 is 1.22 bits per heavy atom. The number of pyridine rings is 1. The quantitative estimate of drug-likeness (QED) is 0.562. The highest BCUT2D eigenvalue weighted by molar-refractivity contribution is 6.43. The van der Waals surface area contributed by atoms with E-state index in [-0.39, 0.29) is 29.3 Å². The maximum absolute atomic E-state index is 13.4. The van der Waals surface area contributed by atoms with Crippen molar-refractivity contribution >= 4 is 29.1 Å². The molecule has 0 N–H and O–H groups in total. The molecule has 5 rings (SSSR count). The molecule has 2 aromatic heterocycles. The number of aromatic nitrogens is 4. The molecule has 0 aliphatic carbocycles. The van der Waals surface area contributed by atoms with Crippen LogP contribution in [-0.4, -0.2) is 56.4 Å². The van der Waals surface area contributed by atoms with Gasteiger partial charge in [0.1, 0.15) is 17.5 Å². The van der Waals surface area contributed by atoms with Gasteiger partial charge in [-0.3, -0.25) is 9.78 Å². The molecule has 32 heavy (non-hydrogen) atoms. The summed E-state index contributed by atoms with van der Waals surface area (Å²) in [6.07, 6.45) is 1.36. The van der Waals surface area contributed by atoms with Crippen LogP contribution in [0.4, 0.5) is 8.78 Å². The van der Waals surface area contributed by atoms with Gasteiger partial charge in [0.15, 0.2) is 11.6 Å². The molecule has 2 aliphatic rings. The summed E-state index contributed by atoms with van der Waals surface area (Å²) in [5.41, 5.74) is 0.626. The predicted molar refractivity (Wildman–Crippen MR) is 110 cm³/mol. The number of amides is 1. The van der Waals surface area contributed by atoms with Crippen molar-refractivity contribution in [2.75, 3.05) is 13.2 Å². The summed E-state index contributed by atoms with van der Waals surface area (Å²) in [6.45, 7) is -2.09. The van der Waals surface area contributed by atoms with Crippen LogP contribution in [0, 0.1) is 0 Å². The van der Waals surface area contributed by atoms with Gasteiger partial charge < -0.3 is 18.9 Å². The number of fused-ring (bicyclic) bond motifs is 4. The van der Waals surface area contributed by atoms with Crippen LogP contribution in [0.5, 0.6) is 5.75 Å². The van der Waals surface area contributed by atoms with E-state index in [0.717, 1.165) is 0 Å². The number of rotatable bonds is 4. The fourth-order valence-electron chi connectivity index (χ4n) is 4.04. The largest absolute Gasteiger partial charge is 0.435 e. The van der Waals surface area contributed by atoms with Gasteiger partial charge in [-0.1, -0.05) is 29.3 Å². The van der Waals surface area contributed by atoms with Gasteiger partial charge in [-0.2, -0.15) is 8.78 Å². The van der Waals surface area contributed by atoms with E-state index in [9.17, 15) is 13.6 Å². The maximum Gasteiger partial charge on any atom is 0.387 e. The number of ether oxygens (including phenoxy) is 2.